The van der Waals surface area contributed by atoms with E-state index in [1.54, 1.807) is 6.20 Å². The van der Waals surface area contributed by atoms with Gasteiger partial charge in [0.2, 0.25) is 0 Å². The van der Waals surface area contributed by atoms with Crippen LogP contribution in [0.25, 0.3) is 149 Å². The highest BCUT2D eigenvalue weighted by molar-refractivity contribution is 6.14. The summed E-state index contributed by atoms with van der Waals surface area (Å²) in [6, 6.07) is 90.7. The molecule has 12 heteroatoms. The molecule has 19 aromatic rings. The summed E-state index contributed by atoms with van der Waals surface area (Å²) >= 11 is 0. The van der Waals surface area contributed by atoms with Gasteiger partial charge in [0.25, 0.3) is 0 Å². The summed E-state index contributed by atoms with van der Waals surface area (Å²) in [5.74, 6) is 1.43. The van der Waals surface area contributed by atoms with Gasteiger partial charge in [0.1, 0.15) is 23.3 Å². The van der Waals surface area contributed by atoms with Gasteiger partial charge in [-0.05, 0) is 133 Å². The number of fused-ring (bicyclic) bond motifs is 24. The largest absolute Gasteiger partial charge is 0.457 e. The van der Waals surface area contributed by atoms with Crippen LogP contribution in [0.5, 0.6) is 11.5 Å². The molecule has 0 atom stereocenters. The van der Waals surface area contributed by atoms with Crippen molar-refractivity contribution in [2.24, 2.45) is 0 Å². The molecule has 12 nitrogen and oxygen atoms in total. The highest BCUT2D eigenvalue weighted by Gasteiger charge is 2.54. The molecule has 0 amide bonds. The zero-order valence-electron chi connectivity index (χ0n) is 50.3. The van der Waals surface area contributed by atoms with E-state index in [0.717, 1.165) is 171 Å². The van der Waals surface area contributed by atoms with Crippen LogP contribution in [0.3, 0.4) is 0 Å². The molecule has 9 aromatic heterocycles. The Bertz CT molecular complexity index is 6360. The number of hydrogen-bond acceptors (Lipinski definition) is 7. The van der Waals surface area contributed by atoms with Gasteiger partial charge in [0.05, 0.1) is 120 Å². The lowest BCUT2D eigenvalue weighted by molar-refractivity contribution is 0.436. The Kier molecular flexibility index (Phi) is 10.2. The second kappa shape index (κ2) is 18.8. The topological polar surface area (TPSA) is 133 Å². The molecular formula is C83H45N11O. The first-order valence-corrected chi connectivity index (χ1v) is 31.6. The van der Waals surface area contributed by atoms with E-state index in [9.17, 15) is 10.5 Å². The number of ether oxygens (including phenoxy) is 1. The Morgan fingerprint density at radius 3 is 1.17 bits per heavy atom. The van der Waals surface area contributed by atoms with Crippen LogP contribution in [-0.2, 0) is 5.41 Å². The number of nitrogens with zero attached hydrogens (tertiary/aromatic N) is 11. The first-order chi connectivity index (χ1) is 47.0. The number of rotatable bonds is 5. The predicted octanol–water partition coefficient (Wildman–Crippen LogP) is 19.0. The second-order valence-corrected chi connectivity index (χ2v) is 24.8. The number of hydrogen-bond donors (Lipinski definition) is 0. The number of benzene rings is 10. The number of para-hydroxylation sites is 6. The van der Waals surface area contributed by atoms with E-state index in [-0.39, 0.29) is 0 Å². The molecule has 438 valence electrons. The maximum absolute atomic E-state index is 10.1. The Morgan fingerprint density at radius 1 is 0.295 bits per heavy atom. The molecule has 10 aromatic carbocycles. The van der Waals surface area contributed by atoms with Gasteiger partial charge in [0.15, 0.2) is 0 Å². The molecule has 1 aliphatic heterocycles. The van der Waals surface area contributed by atoms with Crippen molar-refractivity contribution in [2.75, 3.05) is 0 Å². The van der Waals surface area contributed by atoms with Crippen LogP contribution in [0.4, 0.5) is 0 Å². The monoisotopic (exact) mass is 1210 g/mol. The lowest BCUT2D eigenvalue weighted by Gasteiger charge is -2.39. The average molecular weight is 1210 g/mol. The highest BCUT2D eigenvalue weighted by atomic mass is 16.5. The summed E-state index contributed by atoms with van der Waals surface area (Å²) in [6.07, 6.45) is 9.66. The normalized spacial score (nSPS) is 13.0. The second-order valence-electron chi connectivity index (χ2n) is 24.8. The van der Waals surface area contributed by atoms with E-state index in [1.165, 1.54) is 0 Å². The first-order valence-electron chi connectivity index (χ1n) is 31.6. The third-order valence-corrected chi connectivity index (χ3v) is 20.2. The zero-order chi connectivity index (χ0) is 62.4. The maximum atomic E-state index is 10.1. The minimum absolute atomic E-state index is 0.309. The molecule has 2 aliphatic rings. The molecule has 0 fully saturated rings. The van der Waals surface area contributed by atoms with E-state index in [1.807, 2.05) is 49.1 Å². The maximum Gasteiger partial charge on any atom is 0.141 e. The van der Waals surface area contributed by atoms with Crippen LogP contribution in [0.1, 0.15) is 33.5 Å². The van der Waals surface area contributed by atoms with Crippen molar-refractivity contribution >= 4 is 109 Å². The summed E-state index contributed by atoms with van der Waals surface area (Å²) < 4.78 is 19.1. The molecule has 21 rings (SSSR count). The first kappa shape index (κ1) is 51.3. The minimum Gasteiger partial charge on any atom is -0.457 e. The van der Waals surface area contributed by atoms with Gasteiger partial charge in [-0.25, -0.2) is 4.98 Å². The Hall–Kier alpha value is -13.4. The summed E-state index contributed by atoms with van der Waals surface area (Å²) in [6.45, 7) is 0. The third-order valence-electron chi connectivity index (χ3n) is 20.2. The van der Waals surface area contributed by atoms with E-state index in [4.69, 9.17) is 19.7 Å². The summed E-state index contributed by atoms with van der Waals surface area (Å²) in [4.78, 5) is 20.6. The van der Waals surface area contributed by atoms with Crippen LogP contribution in [0.15, 0.2) is 274 Å². The van der Waals surface area contributed by atoms with Crippen molar-refractivity contribution in [3.05, 3.63) is 307 Å². The number of aromatic nitrogens is 9. The van der Waals surface area contributed by atoms with Crippen molar-refractivity contribution in [3.63, 3.8) is 0 Å². The van der Waals surface area contributed by atoms with Crippen LogP contribution in [-0.4, -0.2) is 42.8 Å². The predicted molar refractivity (Wildman–Crippen MR) is 376 cm³/mol. The van der Waals surface area contributed by atoms with Crippen LogP contribution in [0.2, 0.25) is 0 Å². The third kappa shape index (κ3) is 6.80. The van der Waals surface area contributed by atoms with Gasteiger partial charge in [-0.1, -0.05) is 109 Å². The summed E-state index contributed by atoms with van der Waals surface area (Å²) in [7, 11) is 0. The molecule has 0 N–H and O–H groups in total. The van der Waals surface area contributed by atoms with Gasteiger partial charge >= 0.3 is 0 Å². The molecular weight excluding hydrogens is 1170 g/mol. The fourth-order valence-corrected chi connectivity index (χ4v) is 16.4. The summed E-state index contributed by atoms with van der Waals surface area (Å²) in [5, 5.41) is 30.8. The van der Waals surface area contributed by atoms with Gasteiger partial charge in [-0.2, -0.15) is 10.5 Å². The van der Waals surface area contributed by atoms with Gasteiger partial charge < -0.3 is 27.6 Å². The van der Waals surface area contributed by atoms with Gasteiger partial charge in [-0.3, -0.25) is 15.0 Å². The minimum atomic E-state index is -1.15. The molecule has 1 aliphatic carbocycles. The van der Waals surface area contributed by atoms with E-state index < -0.39 is 5.41 Å². The van der Waals surface area contributed by atoms with Gasteiger partial charge in [0, 0.05) is 99.4 Å². The smallest absolute Gasteiger partial charge is 0.141 e. The lowest BCUT2D eigenvalue weighted by Crippen LogP contribution is -2.33. The molecule has 0 saturated heterocycles. The number of nitriles is 2. The molecule has 0 saturated carbocycles. The number of pyridine rings is 4. The highest BCUT2D eigenvalue weighted by Crippen LogP contribution is 2.63. The molecule has 95 heavy (non-hydrogen) atoms. The quantitative estimate of drug-likeness (QED) is 0.168. The van der Waals surface area contributed by atoms with Crippen LogP contribution >= 0.6 is 0 Å². The Morgan fingerprint density at radius 2 is 0.674 bits per heavy atom. The van der Waals surface area contributed by atoms with Crippen LogP contribution < -0.4 is 4.74 Å². The van der Waals surface area contributed by atoms with Gasteiger partial charge in [-0.15, -0.1) is 0 Å². The van der Waals surface area contributed by atoms with Crippen molar-refractivity contribution in [1.82, 2.24) is 42.8 Å². The molecule has 0 unspecified atom stereocenters. The Balaban J connectivity index is 0.872. The van der Waals surface area contributed by atoms with Crippen LogP contribution in [0, 0.1) is 22.7 Å². The molecule has 0 bridgehead atoms. The summed E-state index contributed by atoms with van der Waals surface area (Å²) in [5.41, 5.74) is 19.8. The fourth-order valence-electron chi connectivity index (χ4n) is 16.4. The van der Waals surface area contributed by atoms with E-state index in [2.05, 4.69) is 258 Å². The van der Waals surface area contributed by atoms with Crippen molar-refractivity contribution in [1.29, 1.82) is 10.5 Å². The zero-order valence-corrected chi connectivity index (χ0v) is 50.3. The molecule has 0 radical (unpaired) electrons. The fraction of sp³-hybridized carbons (Fsp3) is 0.0120. The standard InChI is InChI=1S/C83H45N11O/c84-42-48-25-29-75-62(35-48)63-36-49(43-85)87-47-78(63)91(75)50-26-30-76-64(37-50)60-18-6-12-24-74(60)90(76)51-27-31-79-65(38-51)83(66-39-52(28-32-80(66)95-79)92-69-19-7-5-17-59(69)61-33-34-86-46-77(61)92)67-40-53(93-70-20-8-1-13-55(70)56-14-2-9-21-71(56)93)44-88-81(67)82-68(83)41-54(45-89-82)94-72-22-10-3-15-57(72)58-16-4-11-23-73(58)94/h1-41,44-47H. The Labute approximate surface area is 540 Å². The molecule has 1 spiro atoms. The lowest BCUT2D eigenvalue weighted by atomic mass is 9.66. The molecule has 10 heterocycles. The van der Waals surface area contributed by atoms with E-state index >= 15 is 0 Å². The average Bonchev–Trinajstić information content (AvgIpc) is 1.46. The van der Waals surface area contributed by atoms with E-state index in [0.29, 0.717) is 22.8 Å². The SMILES string of the molecule is N#Cc1ccc2c(c1)c1cc(C#N)ncc1n2-c1ccc2c(c1)c1ccccc1n2-c1ccc2c(c1)C1(c3cc(-n4c5ccccc5c5ccncc54)ccc3O2)c2cc(-n3c4ccccc4c4ccccc43)cnc2-c2ncc(-n3c4ccccc4c4ccccc43)cc21. The van der Waals surface area contributed by atoms with Crippen molar-refractivity contribution < 1.29 is 4.74 Å². The van der Waals surface area contributed by atoms with Crippen molar-refractivity contribution in [3.8, 4) is 63.5 Å². The van der Waals surface area contributed by atoms with Crippen molar-refractivity contribution in [2.45, 2.75) is 5.41 Å².